The Labute approximate surface area is 171 Å². The van der Waals surface area contributed by atoms with Crippen LogP contribution in [0.5, 0.6) is 5.75 Å². The first-order valence-electron chi connectivity index (χ1n) is 8.22. The highest BCUT2D eigenvalue weighted by Gasteiger charge is 2.37. The number of benzene rings is 3. The highest BCUT2D eigenvalue weighted by atomic mass is 79.9. The van der Waals surface area contributed by atoms with E-state index in [4.69, 9.17) is 11.6 Å². The first-order chi connectivity index (χ1) is 12.8. The molecular formula is C20H15BrClNO3S. The zero-order valence-corrected chi connectivity index (χ0v) is 17.4. The number of anilines is 1. The molecule has 0 spiro atoms. The Morgan fingerprint density at radius 1 is 1.00 bits per heavy atom. The fraction of sp³-hybridized carbons (Fsp3) is 0.100. The molecule has 27 heavy (non-hydrogen) atoms. The number of rotatable bonds is 2. The van der Waals surface area contributed by atoms with Crippen LogP contribution in [0.2, 0.25) is 5.02 Å². The molecule has 4 rings (SSSR count). The normalized spacial score (nSPS) is 16.0. The fourth-order valence-corrected chi connectivity index (χ4v) is 5.64. The van der Waals surface area contributed by atoms with Crippen molar-refractivity contribution in [2.24, 2.45) is 0 Å². The number of fused-ring (bicyclic) bond motifs is 3. The van der Waals surface area contributed by atoms with E-state index in [0.717, 1.165) is 21.2 Å². The molecule has 0 saturated heterocycles. The Kier molecular flexibility index (Phi) is 4.45. The maximum absolute atomic E-state index is 13.5. The molecule has 0 radical (unpaired) electrons. The van der Waals surface area contributed by atoms with E-state index in [-0.39, 0.29) is 10.6 Å². The maximum Gasteiger partial charge on any atom is 0.264 e. The van der Waals surface area contributed by atoms with Gasteiger partial charge in [-0.2, -0.15) is 0 Å². The van der Waals surface area contributed by atoms with Crippen molar-refractivity contribution < 1.29 is 13.5 Å². The van der Waals surface area contributed by atoms with E-state index >= 15 is 0 Å². The molecule has 4 nitrogen and oxygen atoms in total. The SMILES string of the molecule is CC1c2cc(Cl)ccc2-c2cc(Br)ccc2N1S(=O)(=O)c1ccc(O)cc1. The molecule has 1 atom stereocenters. The van der Waals surface area contributed by atoms with Gasteiger partial charge in [0.15, 0.2) is 0 Å². The molecule has 138 valence electrons. The van der Waals surface area contributed by atoms with Crippen molar-refractivity contribution in [3.8, 4) is 16.9 Å². The molecule has 0 bridgehead atoms. The van der Waals surface area contributed by atoms with Gasteiger partial charge in [-0.25, -0.2) is 8.42 Å². The summed E-state index contributed by atoms with van der Waals surface area (Å²) in [5, 5.41) is 10.1. The summed E-state index contributed by atoms with van der Waals surface area (Å²) in [5.41, 5.74) is 3.22. The quantitative estimate of drug-likeness (QED) is 0.526. The molecule has 0 fully saturated rings. The predicted octanol–water partition coefficient (Wildman–Crippen LogP) is 5.75. The molecule has 7 heteroatoms. The van der Waals surface area contributed by atoms with Gasteiger partial charge in [0.25, 0.3) is 10.0 Å². The number of hydrogen-bond donors (Lipinski definition) is 1. The van der Waals surface area contributed by atoms with E-state index in [2.05, 4.69) is 15.9 Å². The minimum atomic E-state index is -3.85. The van der Waals surface area contributed by atoms with Gasteiger partial charge in [0, 0.05) is 15.1 Å². The fourth-order valence-electron chi connectivity index (χ4n) is 3.44. The van der Waals surface area contributed by atoms with Gasteiger partial charge >= 0.3 is 0 Å². The molecule has 1 aliphatic heterocycles. The van der Waals surface area contributed by atoms with Gasteiger partial charge < -0.3 is 5.11 Å². The van der Waals surface area contributed by atoms with E-state index in [0.29, 0.717) is 10.7 Å². The third kappa shape index (κ3) is 3.02. The molecule has 0 aliphatic carbocycles. The number of halogens is 2. The Bertz CT molecular complexity index is 1150. The van der Waals surface area contributed by atoms with E-state index in [9.17, 15) is 13.5 Å². The van der Waals surface area contributed by atoms with Gasteiger partial charge in [-0.1, -0.05) is 33.6 Å². The summed E-state index contributed by atoms with van der Waals surface area (Å²) < 4.78 is 29.2. The molecule has 0 amide bonds. The minimum absolute atomic E-state index is 0.0158. The van der Waals surface area contributed by atoms with E-state index in [1.165, 1.54) is 28.6 Å². The first kappa shape index (κ1) is 18.3. The van der Waals surface area contributed by atoms with E-state index < -0.39 is 16.1 Å². The summed E-state index contributed by atoms with van der Waals surface area (Å²) >= 11 is 9.67. The summed E-state index contributed by atoms with van der Waals surface area (Å²) in [5.74, 6) is 0.0158. The average molecular weight is 465 g/mol. The van der Waals surface area contributed by atoms with Crippen molar-refractivity contribution in [3.63, 3.8) is 0 Å². The molecule has 1 N–H and O–H groups in total. The van der Waals surface area contributed by atoms with Crippen molar-refractivity contribution in [1.82, 2.24) is 0 Å². The van der Waals surface area contributed by atoms with Crippen LogP contribution in [0.25, 0.3) is 11.1 Å². The first-order valence-corrected chi connectivity index (χ1v) is 10.8. The maximum atomic E-state index is 13.5. The highest BCUT2D eigenvalue weighted by molar-refractivity contribution is 9.10. The Balaban J connectivity index is 1.98. The second-order valence-corrected chi connectivity index (χ2v) is 9.53. The predicted molar refractivity (Wildman–Crippen MR) is 111 cm³/mol. The number of hydrogen-bond acceptors (Lipinski definition) is 3. The van der Waals surface area contributed by atoms with Gasteiger partial charge in [-0.3, -0.25) is 4.31 Å². The van der Waals surface area contributed by atoms with Crippen LogP contribution in [0.15, 0.2) is 70.0 Å². The molecule has 1 unspecified atom stereocenters. The third-order valence-corrected chi connectivity index (χ3v) is 7.32. The van der Waals surface area contributed by atoms with Crippen LogP contribution in [0.3, 0.4) is 0 Å². The summed E-state index contributed by atoms with van der Waals surface area (Å²) in [4.78, 5) is 0.117. The van der Waals surface area contributed by atoms with Crippen LogP contribution >= 0.6 is 27.5 Å². The number of nitrogens with zero attached hydrogens (tertiary/aromatic N) is 1. The lowest BCUT2D eigenvalue weighted by molar-refractivity contribution is 0.474. The monoisotopic (exact) mass is 463 g/mol. The third-order valence-electron chi connectivity index (χ3n) is 4.70. The van der Waals surface area contributed by atoms with Gasteiger partial charge in [0.2, 0.25) is 0 Å². The van der Waals surface area contributed by atoms with Crippen LogP contribution in [-0.4, -0.2) is 13.5 Å². The lowest BCUT2D eigenvalue weighted by atomic mass is 9.90. The summed E-state index contributed by atoms with van der Waals surface area (Å²) in [6.07, 6.45) is 0. The smallest absolute Gasteiger partial charge is 0.264 e. The molecular weight excluding hydrogens is 450 g/mol. The second kappa shape index (κ2) is 6.55. The lowest BCUT2D eigenvalue weighted by Gasteiger charge is -2.37. The van der Waals surface area contributed by atoms with Crippen molar-refractivity contribution in [2.75, 3.05) is 4.31 Å². The minimum Gasteiger partial charge on any atom is -0.508 e. The summed E-state index contributed by atoms with van der Waals surface area (Å²) in [6, 6.07) is 16.2. The summed E-state index contributed by atoms with van der Waals surface area (Å²) in [7, 11) is -3.85. The van der Waals surface area contributed by atoms with Gasteiger partial charge in [-0.05, 0) is 72.6 Å². The van der Waals surface area contributed by atoms with Crippen LogP contribution < -0.4 is 4.31 Å². The second-order valence-electron chi connectivity index (χ2n) is 6.36. The van der Waals surface area contributed by atoms with Crippen LogP contribution in [0.1, 0.15) is 18.5 Å². The standard InChI is InChI=1S/C20H15BrClNO3S/c1-12-18-11-14(22)3-8-17(18)19-10-13(21)2-9-20(19)23(12)27(25,26)16-6-4-15(24)5-7-16/h2-12,24H,1H3. The number of aromatic hydroxyl groups is 1. The largest absolute Gasteiger partial charge is 0.508 e. The van der Waals surface area contributed by atoms with E-state index in [1.54, 1.807) is 6.07 Å². The number of phenols is 1. The zero-order chi connectivity index (χ0) is 19.3. The molecule has 0 aromatic heterocycles. The average Bonchev–Trinajstić information content (AvgIpc) is 2.62. The van der Waals surface area contributed by atoms with Crippen LogP contribution in [0.4, 0.5) is 5.69 Å². The molecule has 3 aromatic rings. The molecule has 1 heterocycles. The van der Waals surface area contributed by atoms with Crippen LogP contribution in [0, 0.1) is 0 Å². The Morgan fingerprint density at radius 2 is 1.70 bits per heavy atom. The molecule has 1 aliphatic rings. The van der Waals surface area contributed by atoms with Gasteiger partial charge in [0.05, 0.1) is 16.6 Å². The van der Waals surface area contributed by atoms with Crippen LogP contribution in [-0.2, 0) is 10.0 Å². The number of sulfonamides is 1. The Hall–Kier alpha value is -2.02. The summed E-state index contributed by atoms with van der Waals surface area (Å²) in [6.45, 7) is 1.85. The molecule has 0 saturated carbocycles. The lowest BCUT2D eigenvalue weighted by Crippen LogP contribution is -2.36. The zero-order valence-electron chi connectivity index (χ0n) is 14.2. The van der Waals surface area contributed by atoms with Crippen molar-refractivity contribution >= 4 is 43.2 Å². The molecule has 3 aromatic carbocycles. The Morgan fingerprint density at radius 3 is 2.41 bits per heavy atom. The number of phenolic OH excluding ortho intramolecular Hbond substituents is 1. The van der Waals surface area contributed by atoms with Gasteiger partial charge in [0.1, 0.15) is 5.75 Å². The van der Waals surface area contributed by atoms with E-state index in [1.807, 2.05) is 37.3 Å². The van der Waals surface area contributed by atoms with Gasteiger partial charge in [-0.15, -0.1) is 0 Å². The topological polar surface area (TPSA) is 57.6 Å². The van der Waals surface area contributed by atoms with Crippen molar-refractivity contribution in [2.45, 2.75) is 17.9 Å². The van der Waals surface area contributed by atoms with Crippen molar-refractivity contribution in [1.29, 1.82) is 0 Å². The highest BCUT2D eigenvalue weighted by Crippen LogP contribution is 2.48. The van der Waals surface area contributed by atoms with Crippen molar-refractivity contribution in [3.05, 3.63) is 75.7 Å².